The molecule has 72 valence electrons. The van der Waals surface area contributed by atoms with Crippen LogP contribution < -0.4 is 11.1 Å². The fraction of sp³-hybridized carbons (Fsp3) is 0.600. The van der Waals surface area contributed by atoms with E-state index in [4.69, 9.17) is 10.2 Å². The maximum absolute atomic E-state index is 5.67. The lowest BCUT2D eigenvalue weighted by Crippen LogP contribution is -2.23. The monoisotopic (exact) mass is 180 g/mol. The van der Waals surface area contributed by atoms with Crippen molar-refractivity contribution in [3.05, 3.63) is 17.9 Å². The van der Waals surface area contributed by atoms with Gasteiger partial charge in [0.05, 0.1) is 0 Å². The molecule has 0 aromatic carbocycles. The lowest BCUT2D eigenvalue weighted by molar-refractivity contribution is 0.515. The summed E-state index contributed by atoms with van der Waals surface area (Å²) < 4.78 is 5.40. The highest BCUT2D eigenvalue weighted by atomic mass is 16.4. The van der Waals surface area contributed by atoms with Gasteiger partial charge in [0.1, 0.15) is 5.76 Å². The largest absolute Gasteiger partial charge is 0.446 e. The van der Waals surface area contributed by atoms with Gasteiger partial charge < -0.3 is 15.5 Å². The Labute approximate surface area is 78.3 Å². The first-order chi connectivity index (χ1) is 6.24. The number of nitrogens with one attached hydrogen (secondary N) is 1. The zero-order valence-corrected chi connectivity index (χ0v) is 7.97. The van der Waals surface area contributed by atoms with Gasteiger partial charge in [-0.15, -0.1) is 0 Å². The Kier molecular flexibility index (Phi) is 2.04. The van der Waals surface area contributed by atoms with E-state index in [2.05, 4.69) is 5.32 Å². The van der Waals surface area contributed by atoms with E-state index in [-0.39, 0.29) is 0 Å². The van der Waals surface area contributed by atoms with E-state index in [9.17, 15) is 0 Å². The summed E-state index contributed by atoms with van der Waals surface area (Å²) in [5.41, 5.74) is 6.03. The summed E-state index contributed by atoms with van der Waals surface area (Å²) in [6.45, 7) is 3.66. The van der Waals surface area contributed by atoms with Crippen LogP contribution in [-0.4, -0.2) is 13.1 Å². The number of aryl methyl sites for hydroxylation is 1. The maximum Gasteiger partial charge on any atom is 0.193 e. The van der Waals surface area contributed by atoms with Crippen molar-refractivity contribution in [1.82, 2.24) is 0 Å². The van der Waals surface area contributed by atoms with Gasteiger partial charge in [0.15, 0.2) is 5.88 Å². The Morgan fingerprint density at radius 2 is 2.31 bits per heavy atom. The van der Waals surface area contributed by atoms with Crippen LogP contribution in [0.15, 0.2) is 16.5 Å². The van der Waals surface area contributed by atoms with E-state index in [1.165, 1.54) is 12.8 Å². The molecule has 1 saturated carbocycles. The highest BCUT2D eigenvalue weighted by molar-refractivity contribution is 5.32. The second-order valence-corrected chi connectivity index (χ2v) is 3.97. The van der Waals surface area contributed by atoms with Crippen LogP contribution in [0.25, 0.3) is 0 Å². The molecule has 0 spiro atoms. The molecule has 3 nitrogen and oxygen atoms in total. The van der Waals surface area contributed by atoms with Gasteiger partial charge in [-0.3, -0.25) is 0 Å². The molecule has 0 unspecified atom stereocenters. The van der Waals surface area contributed by atoms with Gasteiger partial charge >= 0.3 is 0 Å². The Bertz CT molecular complexity index is 289. The Balaban J connectivity index is 1.86. The van der Waals surface area contributed by atoms with E-state index >= 15 is 0 Å². The average Bonchev–Trinajstić information content (AvgIpc) is 2.81. The third-order valence-corrected chi connectivity index (χ3v) is 2.77. The van der Waals surface area contributed by atoms with Gasteiger partial charge in [0.25, 0.3) is 0 Å². The van der Waals surface area contributed by atoms with Crippen molar-refractivity contribution in [1.29, 1.82) is 0 Å². The van der Waals surface area contributed by atoms with Crippen molar-refractivity contribution in [2.45, 2.75) is 19.8 Å². The van der Waals surface area contributed by atoms with Gasteiger partial charge in [0.2, 0.25) is 0 Å². The summed E-state index contributed by atoms with van der Waals surface area (Å²) in [5, 5.41) is 3.27. The van der Waals surface area contributed by atoms with E-state index in [1.54, 1.807) is 0 Å². The molecule has 1 aromatic rings. The van der Waals surface area contributed by atoms with Crippen molar-refractivity contribution < 1.29 is 4.42 Å². The molecule has 0 amide bonds. The summed E-state index contributed by atoms with van der Waals surface area (Å²) in [7, 11) is 0. The fourth-order valence-electron chi connectivity index (χ4n) is 1.43. The van der Waals surface area contributed by atoms with Gasteiger partial charge in [-0.05, 0) is 37.8 Å². The van der Waals surface area contributed by atoms with Crippen molar-refractivity contribution >= 4 is 5.88 Å². The lowest BCUT2D eigenvalue weighted by Gasteiger charge is -2.12. The van der Waals surface area contributed by atoms with E-state index in [0.29, 0.717) is 5.41 Å². The number of anilines is 1. The zero-order valence-electron chi connectivity index (χ0n) is 7.97. The van der Waals surface area contributed by atoms with Gasteiger partial charge in [-0.1, -0.05) is 0 Å². The van der Waals surface area contributed by atoms with Gasteiger partial charge in [0, 0.05) is 12.6 Å². The van der Waals surface area contributed by atoms with Crippen molar-refractivity contribution in [3.63, 3.8) is 0 Å². The highest BCUT2D eigenvalue weighted by Crippen LogP contribution is 2.44. The molecule has 1 heterocycles. The van der Waals surface area contributed by atoms with Crippen LogP contribution in [0.4, 0.5) is 5.88 Å². The van der Waals surface area contributed by atoms with Gasteiger partial charge in [-0.25, -0.2) is 0 Å². The molecule has 1 fully saturated rings. The maximum atomic E-state index is 5.67. The molecule has 1 aliphatic rings. The molecular formula is C10H16N2O. The molecule has 1 aliphatic carbocycles. The van der Waals surface area contributed by atoms with Crippen molar-refractivity contribution in [2.75, 3.05) is 18.4 Å². The summed E-state index contributed by atoms with van der Waals surface area (Å²) in [5.74, 6) is 1.80. The van der Waals surface area contributed by atoms with E-state index < -0.39 is 0 Å². The predicted octanol–water partition coefficient (Wildman–Crippen LogP) is 1.74. The third-order valence-electron chi connectivity index (χ3n) is 2.77. The van der Waals surface area contributed by atoms with Crippen LogP contribution >= 0.6 is 0 Å². The number of hydrogen-bond donors (Lipinski definition) is 2. The van der Waals surface area contributed by atoms with Crippen LogP contribution in [0.5, 0.6) is 0 Å². The van der Waals surface area contributed by atoms with E-state index in [1.807, 2.05) is 19.1 Å². The molecule has 0 aliphatic heterocycles. The highest BCUT2D eigenvalue weighted by Gasteiger charge is 2.40. The second-order valence-electron chi connectivity index (χ2n) is 3.97. The summed E-state index contributed by atoms with van der Waals surface area (Å²) >= 11 is 0. The smallest absolute Gasteiger partial charge is 0.193 e. The standard InChI is InChI=1S/C10H16N2O/c1-8-2-3-9(13-8)12-7-10(6-11)4-5-10/h2-3,12H,4-7,11H2,1H3. The average molecular weight is 180 g/mol. The predicted molar refractivity (Wildman–Crippen MR) is 52.7 cm³/mol. The van der Waals surface area contributed by atoms with Crippen LogP contribution in [0.1, 0.15) is 18.6 Å². The molecule has 3 heteroatoms. The minimum absolute atomic E-state index is 0.362. The van der Waals surface area contributed by atoms with Crippen LogP contribution in [0.2, 0.25) is 0 Å². The molecule has 2 rings (SSSR count). The molecule has 0 bridgehead atoms. The Hall–Kier alpha value is -0.960. The minimum Gasteiger partial charge on any atom is -0.446 e. The second kappa shape index (κ2) is 3.07. The number of hydrogen-bond acceptors (Lipinski definition) is 3. The molecule has 3 N–H and O–H groups in total. The zero-order chi connectivity index (χ0) is 9.31. The molecule has 1 aromatic heterocycles. The molecular weight excluding hydrogens is 164 g/mol. The summed E-state index contributed by atoms with van der Waals surface area (Å²) in [4.78, 5) is 0. The lowest BCUT2D eigenvalue weighted by atomic mass is 10.1. The van der Waals surface area contributed by atoms with E-state index in [0.717, 1.165) is 24.7 Å². The first-order valence-electron chi connectivity index (χ1n) is 4.74. The van der Waals surface area contributed by atoms with Crippen LogP contribution in [0.3, 0.4) is 0 Å². The Morgan fingerprint density at radius 3 is 2.77 bits per heavy atom. The normalized spacial score (nSPS) is 18.6. The minimum atomic E-state index is 0.362. The number of rotatable bonds is 4. The number of furan rings is 1. The van der Waals surface area contributed by atoms with Gasteiger partial charge in [-0.2, -0.15) is 0 Å². The summed E-state index contributed by atoms with van der Waals surface area (Å²) in [6, 6.07) is 3.92. The topological polar surface area (TPSA) is 51.2 Å². The van der Waals surface area contributed by atoms with Crippen LogP contribution in [0, 0.1) is 12.3 Å². The summed E-state index contributed by atoms with van der Waals surface area (Å²) in [6.07, 6.45) is 2.49. The molecule has 0 radical (unpaired) electrons. The van der Waals surface area contributed by atoms with Crippen LogP contribution in [-0.2, 0) is 0 Å². The van der Waals surface area contributed by atoms with Crippen molar-refractivity contribution in [2.24, 2.45) is 11.1 Å². The molecule has 0 atom stereocenters. The Morgan fingerprint density at radius 1 is 1.54 bits per heavy atom. The molecule has 13 heavy (non-hydrogen) atoms. The molecule has 0 saturated heterocycles. The first kappa shape index (κ1) is 8.63. The quantitative estimate of drug-likeness (QED) is 0.742. The van der Waals surface area contributed by atoms with Crippen molar-refractivity contribution in [3.8, 4) is 0 Å². The third kappa shape index (κ3) is 1.86. The number of nitrogens with two attached hydrogens (primary N) is 1. The fourth-order valence-corrected chi connectivity index (χ4v) is 1.43. The SMILES string of the molecule is Cc1ccc(NCC2(CN)CC2)o1. The first-order valence-corrected chi connectivity index (χ1v) is 4.74.